The molecule has 0 radical (unpaired) electrons. The van der Waals surface area contributed by atoms with Gasteiger partial charge < -0.3 is 9.84 Å². The lowest BCUT2D eigenvalue weighted by atomic mass is 9.96. The van der Waals surface area contributed by atoms with E-state index in [4.69, 9.17) is 4.52 Å². The van der Waals surface area contributed by atoms with Crippen LogP contribution in [0.1, 0.15) is 24.2 Å². The maximum absolute atomic E-state index is 13.0. The molecule has 6 nitrogen and oxygen atoms in total. The maximum Gasteiger partial charge on any atom is 0.257 e. The van der Waals surface area contributed by atoms with Gasteiger partial charge in [0.15, 0.2) is 5.82 Å². The van der Waals surface area contributed by atoms with Crippen LogP contribution in [0.5, 0.6) is 0 Å². The monoisotopic (exact) mass is 412 g/mol. The second-order valence-corrected chi connectivity index (χ2v) is 7.42. The molecule has 8 heteroatoms. The van der Waals surface area contributed by atoms with Crippen molar-refractivity contribution in [2.45, 2.75) is 25.9 Å². The molecule has 0 bridgehead atoms. The lowest BCUT2D eigenvalue weighted by Gasteiger charge is -2.30. The SMILES string of the molecule is O=C(NCc1ccc(F)cc1)C1CCN(Cc2noc(-c3ccc(F)cc3)n2)CC1. The van der Waals surface area contributed by atoms with Gasteiger partial charge >= 0.3 is 0 Å². The van der Waals surface area contributed by atoms with E-state index in [-0.39, 0.29) is 23.5 Å². The van der Waals surface area contributed by atoms with E-state index >= 15 is 0 Å². The van der Waals surface area contributed by atoms with Gasteiger partial charge in [-0.2, -0.15) is 4.98 Å². The van der Waals surface area contributed by atoms with Crippen LogP contribution >= 0.6 is 0 Å². The van der Waals surface area contributed by atoms with Crippen LogP contribution in [-0.4, -0.2) is 34.0 Å². The highest BCUT2D eigenvalue weighted by Gasteiger charge is 2.25. The van der Waals surface area contributed by atoms with Crippen LogP contribution in [-0.2, 0) is 17.9 Å². The Balaban J connectivity index is 1.24. The first kappa shape index (κ1) is 20.2. The number of nitrogens with zero attached hydrogens (tertiary/aromatic N) is 3. The van der Waals surface area contributed by atoms with Crippen molar-refractivity contribution in [2.75, 3.05) is 13.1 Å². The van der Waals surface area contributed by atoms with Gasteiger partial charge in [-0.25, -0.2) is 8.78 Å². The molecule has 4 rings (SSSR count). The number of amides is 1. The van der Waals surface area contributed by atoms with E-state index in [0.717, 1.165) is 31.5 Å². The number of rotatable bonds is 6. The summed E-state index contributed by atoms with van der Waals surface area (Å²) in [6.07, 6.45) is 1.50. The van der Waals surface area contributed by atoms with E-state index in [1.807, 2.05) is 0 Å². The summed E-state index contributed by atoms with van der Waals surface area (Å²) in [6.45, 7) is 2.45. The van der Waals surface area contributed by atoms with Crippen molar-refractivity contribution >= 4 is 5.91 Å². The second kappa shape index (κ2) is 9.13. The molecule has 2 aromatic carbocycles. The van der Waals surface area contributed by atoms with E-state index in [2.05, 4.69) is 20.4 Å². The van der Waals surface area contributed by atoms with Crippen molar-refractivity contribution in [2.24, 2.45) is 5.92 Å². The van der Waals surface area contributed by atoms with Crippen molar-refractivity contribution in [1.29, 1.82) is 0 Å². The third-order valence-corrected chi connectivity index (χ3v) is 5.26. The van der Waals surface area contributed by atoms with E-state index in [9.17, 15) is 13.6 Å². The Morgan fingerprint density at radius 1 is 1.03 bits per heavy atom. The summed E-state index contributed by atoms with van der Waals surface area (Å²) >= 11 is 0. The molecule has 1 N–H and O–H groups in total. The molecule has 156 valence electrons. The number of halogens is 2. The van der Waals surface area contributed by atoms with Gasteiger partial charge in [-0.15, -0.1) is 0 Å². The van der Waals surface area contributed by atoms with E-state index in [0.29, 0.717) is 30.4 Å². The van der Waals surface area contributed by atoms with E-state index in [1.165, 1.54) is 24.3 Å². The number of piperidine rings is 1. The summed E-state index contributed by atoms with van der Waals surface area (Å²) in [6, 6.07) is 12.0. The fourth-order valence-corrected chi connectivity index (χ4v) is 3.52. The smallest absolute Gasteiger partial charge is 0.257 e. The molecule has 3 aromatic rings. The van der Waals surface area contributed by atoms with Gasteiger partial charge in [0.2, 0.25) is 5.91 Å². The molecule has 1 aliphatic rings. The van der Waals surface area contributed by atoms with Crippen molar-refractivity contribution in [3.05, 3.63) is 71.6 Å². The molecule has 1 amide bonds. The minimum Gasteiger partial charge on any atom is -0.352 e. The highest BCUT2D eigenvalue weighted by molar-refractivity contribution is 5.78. The largest absolute Gasteiger partial charge is 0.352 e. The molecule has 0 atom stereocenters. The molecule has 1 aromatic heterocycles. The van der Waals surface area contributed by atoms with Crippen molar-refractivity contribution in [3.8, 4) is 11.5 Å². The molecule has 1 fully saturated rings. The Labute approximate surface area is 172 Å². The molecular formula is C22H22F2N4O2. The Morgan fingerprint density at radius 2 is 1.67 bits per heavy atom. The van der Waals surface area contributed by atoms with Crippen molar-refractivity contribution < 1.29 is 18.1 Å². The van der Waals surface area contributed by atoms with Gasteiger partial charge in [-0.1, -0.05) is 17.3 Å². The topological polar surface area (TPSA) is 71.3 Å². The van der Waals surface area contributed by atoms with Crippen molar-refractivity contribution in [1.82, 2.24) is 20.4 Å². The van der Waals surface area contributed by atoms with Gasteiger partial charge in [0, 0.05) is 18.0 Å². The molecule has 0 unspecified atom stereocenters. The maximum atomic E-state index is 13.0. The zero-order chi connectivity index (χ0) is 20.9. The number of hydrogen-bond acceptors (Lipinski definition) is 5. The molecule has 0 saturated carbocycles. The predicted molar refractivity (Wildman–Crippen MR) is 106 cm³/mol. The molecular weight excluding hydrogens is 390 g/mol. The van der Waals surface area contributed by atoms with Gasteiger partial charge in [0.05, 0.1) is 6.54 Å². The Morgan fingerprint density at radius 3 is 2.33 bits per heavy atom. The first-order chi connectivity index (χ1) is 14.6. The molecule has 0 aliphatic carbocycles. The Hall–Kier alpha value is -3.13. The number of likely N-dealkylation sites (tertiary alicyclic amines) is 1. The summed E-state index contributed by atoms with van der Waals surface area (Å²) in [5.41, 5.74) is 1.54. The number of hydrogen-bond donors (Lipinski definition) is 1. The van der Waals surface area contributed by atoms with Crippen LogP contribution in [0, 0.1) is 17.6 Å². The second-order valence-electron chi connectivity index (χ2n) is 7.42. The summed E-state index contributed by atoms with van der Waals surface area (Å²) < 4.78 is 31.3. The number of carbonyl (C=O) groups is 1. The third kappa shape index (κ3) is 5.07. The number of nitrogens with one attached hydrogen (secondary N) is 1. The lowest BCUT2D eigenvalue weighted by Crippen LogP contribution is -2.40. The first-order valence-electron chi connectivity index (χ1n) is 9.90. The lowest BCUT2D eigenvalue weighted by molar-refractivity contribution is -0.126. The summed E-state index contributed by atoms with van der Waals surface area (Å²) in [5.74, 6) is 0.305. The minimum atomic E-state index is -0.317. The fraction of sp³-hybridized carbons (Fsp3) is 0.318. The van der Waals surface area contributed by atoms with Crippen LogP contribution < -0.4 is 5.32 Å². The highest BCUT2D eigenvalue weighted by Crippen LogP contribution is 2.21. The molecule has 0 spiro atoms. The molecule has 2 heterocycles. The zero-order valence-electron chi connectivity index (χ0n) is 16.4. The van der Waals surface area contributed by atoms with Gasteiger partial charge in [0.1, 0.15) is 11.6 Å². The third-order valence-electron chi connectivity index (χ3n) is 5.26. The molecule has 30 heavy (non-hydrogen) atoms. The standard InChI is InChI=1S/C22H22F2N4O2/c23-18-5-1-15(2-6-18)13-25-21(29)16-9-11-28(12-10-16)14-20-26-22(30-27-20)17-3-7-19(24)8-4-17/h1-8,16H,9-14H2,(H,25,29). The minimum absolute atomic E-state index is 0.0251. The van der Waals surface area contributed by atoms with Gasteiger partial charge in [-0.3, -0.25) is 9.69 Å². The number of benzene rings is 2. The number of carbonyl (C=O) groups excluding carboxylic acids is 1. The van der Waals surface area contributed by atoms with Crippen LogP contribution in [0.4, 0.5) is 8.78 Å². The van der Waals surface area contributed by atoms with Crippen LogP contribution in [0.2, 0.25) is 0 Å². The van der Waals surface area contributed by atoms with Crippen LogP contribution in [0.25, 0.3) is 11.5 Å². The van der Waals surface area contributed by atoms with Gasteiger partial charge in [-0.05, 0) is 67.9 Å². The fourth-order valence-electron chi connectivity index (χ4n) is 3.52. The summed E-state index contributed by atoms with van der Waals surface area (Å²) in [5, 5.41) is 6.94. The van der Waals surface area contributed by atoms with Crippen molar-refractivity contribution in [3.63, 3.8) is 0 Å². The van der Waals surface area contributed by atoms with E-state index < -0.39 is 0 Å². The average Bonchev–Trinajstić information content (AvgIpc) is 3.22. The van der Waals surface area contributed by atoms with Gasteiger partial charge in [0.25, 0.3) is 5.89 Å². The summed E-state index contributed by atoms with van der Waals surface area (Å²) in [7, 11) is 0. The summed E-state index contributed by atoms with van der Waals surface area (Å²) in [4.78, 5) is 19.0. The zero-order valence-corrected chi connectivity index (χ0v) is 16.4. The molecule has 1 saturated heterocycles. The Kier molecular flexibility index (Phi) is 6.13. The predicted octanol–water partition coefficient (Wildman–Crippen LogP) is 3.54. The van der Waals surface area contributed by atoms with Crippen LogP contribution in [0.3, 0.4) is 0 Å². The normalized spacial score (nSPS) is 15.3. The average molecular weight is 412 g/mol. The Bertz CT molecular complexity index is 981. The van der Waals surface area contributed by atoms with E-state index in [1.54, 1.807) is 24.3 Å². The highest BCUT2D eigenvalue weighted by atomic mass is 19.1. The number of aromatic nitrogens is 2. The first-order valence-corrected chi connectivity index (χ1v) is 9.90. The van der Waals surface area contributed by atoms with Crippen LogP contribution in [0.15, 0.2) is 53.1 Å². The quantitative estimate of drug-likeness (QED) is 0.671. The molecule has 1 aliphatic heterocycles.